The third-order valence-corrected chi connectivity index (χ3v) is 5.74. The van der Waals surface area contributed by atoms with Gasteiger partial charge in [0.1, 0.15) is 5.82 Å². The average Bonchev–Trinajstić information content (AvgIpc) is 2.60. The summed E-state index contributed by atoms with van der Waals surface area (Å²) in [6.07, 6.45) is 3.21. The second kappa shape index (κ2) is 7.03. The summed E-state index contributed by atoms with van der Waals surface area (Å²) < 4.78 is 41.4. The van der Waals surface area contributed by atoms with Gasteiger partial charge in [-0.1, -0.05) is 30.3 Å². The number of aryl methyl sites for hydroxylation is 1. The fourth-order valence-electron chi connectivity index (χ4n) is 2.57. The first-order valence-electron chi connectivity index (χ1n) is 7.71. The highest BCUT2D eigenvalue weighted by atomic mass is 32.2. The van der Waals surface area contributed by atoms with E-state index >= 15 is 0 Å². The van der Waals surface area contributed by atoms with Gasteiger partial charge in [0.05, 0.1) is 17.1 Å². The molecule has 4 nitrogen and oxygen atoms in total. The standard InChI is InChI=1S/C19H17FN2O2S/c1-15-6-2-3-10-19(15)25(23,24)22(14-16-7-5-11-21-13-16)18-9-4-8-17(20)12-18/h2-13H,14H2,1H3. The summed E-state index contributed by atoms with van der Waals surface area (Å²) in [5.74, 6) is -0.492. The largest absolute Gasteiger partial charge is 0.264 e. The van der Waals surface area contributed by atoms with Crippen molar-refractivity contribution >= 4 is 15.7 Å². The number of anilines is 1. The smallest absolute Gasteiger partial charge is 0.264 e. The Balaban J connectivity index is 2.12. The molecule has 0 atom stereocenters. The van der Waals surface area contributed by atoms with Crippen LogP contribution in [0.2, 0.25) is 0 Å². The average molecular weight is 356 g/mol. The molecule has 0 aliphatic rings. The van der Waals surface area contributed by atoms with E-state index < -0.39 is 15.8 Å². The molecule has 1 aromatic heterocycles. The number of pyridine rings is 1. The van der Waals surface area contributed by atoms with Crippen LogP contribution in [0.5, 0.6) is 0 Å². The van der Waals surface area contributed by atoms with Crippen molar-refractivity contribution in [3.8, 4) is 0 Å². The monoisotopic (exact) mass is 356 g/mol. The summed E-state index contributed by atoms with van der Waals surface area (Å²) in [7, 11) is -3.86. The van der Waals surface area contributed by atoms with Gasteiger partial charge in [-0.05, 0) is 48.4 Å². The molecule has 3 rings (SSSR count). The maximum atomic E-state index is 13.7. The molecule has 0 bridgehead atoms. The van der Waals surface area contributed by atoms with Gasteiger partial charge >= 0.3 is 0 Å². The maximum absolute atomic E-state index is 13.7. The van der Waals surface area contributed by atoms with Gasteiger partial charge in [-0.3, -0.25) is 9.29 Å². The van der Waals surface area contributed by atoms with Crippen LogP contribution in [0.4, 0.5) is 10.1 Å². The van der Waals surface area contributed by atoms with Crippen molar-refractivity contribution in [1.29, 1.82) is 0 Å². The van der Waals surface area contributed by atoms with Crippen molar-refractivity contribution in [2.75, 3.05) is 4.31 Å². The van der Waals surface area contributed by atoms with Gasteiger partial charge in [0.25, 0.3) is 10.0 Å². The molecule has 0 fully saturated rings. The number of rotatable bonds is 5. The van der Waals surface area contributed by atoms with Crippen molar-refractivity contribution in [2.45, 2.75) is 18.4 Å². The molecule has 0 radical (unpaired) electrons. The van der Waals surface area contributed by atoms with E-state index in [0.29, 0.717) is 11.1 Å². The predicted molar refractivity (Wildman–Crippen MR) is 95.2 cm³/mol. The Morgan fingerprint density at radius 1 is 1.04 bits per heavy atom. The fourth-order valence-corrected chi connectivity index (χ4v) is 4.24. The van der Waals surface area contributed by atoms with Crippen molar-refractivity contribution in [3.63, 3.8) is 0 Å². The van der Waals surface area contributed by atoms with Crippen molar-refractivity contribution in [2.24, 2.45) is 0 Å². The van der Waals surface area contributed by atoms with Crippen LogP contribution < -0.4 is 4.31 Å². The molecule has 128 valence electrons. The van der Waals surface area contributed by atoms with Crippen LogP contribution in [0, 0.1) is 12.7 Å². The first kappa shape index (κ1) is 17.1. The molecule has 3 aromatic rings. The van der Waals surface area contributed by atoms with Crippen LogP contribution in [0.3, 0.4) is 0 Å². The lowest BCUT2D eigenvalue weighted by Gasteiger charge is -2.25. The minimum atomic E-state index is -3.86. The minimum Gasteiger partial charge on any atom is -0.264 e. The van der Waals surface area contributed by atoms with Crippen LogP contribution >= 0.6 is 0 Å². The zero-order chi connectivity index (χ0) is 17.9. The van der Waals surface area contributed by atoms with Crippen LogP contribution in [0.25, 0.3) is 0 Å². The summed E-state index contributed by atoms with van der Waals surface area (Å²) in [5, 5.41) is 0. The zero-order valence-electron chi connectivity index (χ0n) is 13.6. The SMILES string of the molecule is Cc1ccccc1S(=O)(=O)N(Cc1cccnc1)c1cccc(F)c1. The first-order chi connectivity index (χ1) is 12.0. The fraction of sp³-hybridized carbons (Fsp3) is 0.105. The number of sulfonamides is 1. The third-order valence-electron chi connectivity index (χ3n) is 3.81. The van der Waals surface area contributed by atoms with Gasteiger partial charge < -0.3 is 0 Å². The highest BCUT2D eigenvalue weighted by molar-refractivity contribution is 7.92. The quantitative estimate of drug-likeness (QED) is 0.696. The minimum absolute atomic E-state index is 0.0635. The highest BCUT2D eigenvalue weighted by Gasteiger charge is 2.26. The molecule has 0 spiro atoms. The molecule has 0 aliphatic heterocycles. The van der Waals surface area contributed by atoms with Crippen LogP contribution in [0.15, 0.2) is 78.0 Å². The summed E-state index contributed by atoms with van der Waals surface area (Å²) in [5.41, 5.74) is 1.62. The van der Waals surface area contributed by atoms with E-state index in [4.69, 9.17) is 0 Å². The summed E-state index contributed by atoms with van der Waals surface area (Å²) >= 11 is 0. The van der Waals surface area contributed by atoms with Gasteiger partial charge in [0.15, 0.2) is 0 Å². The number of halogens is 1. The molecule has 0 saturated heterocycles. The summed E-state index contributed by atoms with van der Waals surface area (Å²) in [6.45, 7) is 1.80. The second-order valence-electron chi connectivity index (χ2n) is 5.62. The normalized spacial score (nSPS) is 11.3. The molecule has 1 heterocycles. The number of hydrogen-bond acceptors (Lipinski definition) is 3. The van der Waals surface area contributed by atoms with Gasteiger partial charge in [-0.25, -0.2) is 12.8 Å². The molecule has 0 unspecified atom stereocenters. The van der Waals surface area contributed by atoms with E-state index in [9.17, 15) is 12.8 Å². The van der Waals surface area contributed by atoms with Crippen molar-refractivity contribution in [1.82, 2.24) is 4.98 Å². The van der Waals surface area contributed by atoms with Gasteiger partial charge in [-0.2, -0.15) is 0 Å². The lowest BCUT2D eigenvalue weighted by Crippen LogP contribution is -2.31. The van der Waals surface area contributed by atoms with Crippen LogP contribution in [-0.2, 0) is 16.6 Å². The Morgan fingerprint density at radius 2 is 1.84 bits per heavy atom. The number of aromatic nitrogens is 1. The number of hydrogen-bond donors (Lipinski definition) is 0. The highest BCUT2D eigenvalue weighted by Crippen LogP contribution is 2.28. The first-order valence-corrected chi connectivity index (χ1v) is 9.15. The topological polar surface area (TPSA) is 50.3 Å². The Labute approximate surface area is 146 Å². The van der Waals surface area contributed by atoms with E-state index in [1.807, 2.05) is 0 Å². The molecule has 2 aromatic carbocycles. The Bertz CT molecular complexity index is 975. The van der Waals surface area contributed by atoms with E-state index in [2.05, 4.69) is 4.98 Å². The molecular weight excluding hydrogens is 339 g/mol. The van der Waals surface area contributed by atoms with E-state index in [1.165, 1.54) is 22.5 Å². The third kappa shape index (κ3) is 3.69. The molecule has 0 amide bonds. The Hall–Kier alpha value is -2.73. The van der Waals surface area contributed by atoms with E-state index in [1.54, 1.807) is 61.8 Å². The van der Waals surface area contributed by atoms with Crippen molar-refractivity contribution < 1.29 is 12.8 Å². The molecule has 0 saturated carbocycles. The zero-order valence-corrected chi connectivity index (χ0v) is 14.4. The predicted octanol–water partition coefficient (Wildman–Crippen LogP) is 3.92. The van der Waals surface area contributed by atoms with Crippen LogP contribution in [-0.4, -0.2) is 13.4 Å². The van der Waals surface area contributed by atoms with E-state index in [-0.39, 0.29) is 17.1 Å². The molecule has 6 heteroatoms. The molecule has 0 N–H and O–H groups in total. The van der Waals surface area contributed by atoms with Gasteiger partial charge in [0, 0.05) is 12.4 Å². The summed E-state index contributed by atoms with van der Waals surface area (Å²) in [6, 6.07) is 15.8. The lowest BCUT2D eigenvalue weighted by molar-refractivity contribution is 0.589. The Kier molecular flexibility index (Phi) is 4.81. The number of benzene rings is 2. The van der Waals surface area contributed by atoms with Gasteiger partial charge in [-0.15, -0.1) is 0 Å². The van der Waals surface area contributed by atoms with E-state index in [0.717, 1.165) is 0 Å². The Morgan fingerprint density at radius 3 is 2.52 bits per heavy atom. The lowest BCUT2D eigenvalue weighted by atomic mass is 10.2. The second-order valence-corrected chi connectivity index (χ2v) is 7.45. The molecule has 0 aliphatic carbocycles. The van der Waals surface area contributed by atoms with Crippen LogP contribution in [0.1, 0.15) is 11.1 Å². The molecular formula is C19H17FN2O2S. The summed E-state index contributed by atoms with van der Waals surface area (Å²) in [4.78, 5) is 4.22. The van der Waals surface area contributed by atoms with Crippen molar-refractivity contribution in [3.05, 3.63) is 90.0 Å². The molecule has 25 heavy (non-hydrogen) atoms. The number of nitrogens with zero attached hydrogens (tertiary/aromatic N) is 2. The van der Waals surface area contributed by atoms with Gasteiger partial charge in [0.2, 0.25) is 0 Å². The maximum Gasteiger partial charge on any atom is 0.264 e.